The molecule has 2 heterocycles. The van der Waals surface area contributed by atoms with Gasteiger partial charge in [-0.05, 0) is 42.2 Å². The fraction of sp³-hybridized carbons (Fsp3) is 0.0625. The van der Waals surface area contributed by atoms with Gasteiger partial charge in [-0.1, -0.05) is 30.0 Å². The number of aromatic nitrogens is 1. The minimum Gasteiger partial charge on any atom is -0.266 e. The highest BCUT2D eigenvalue weighted by atomic mass is 32.2. The predicted octanol–water partition coefficient (Wildman–Crippen LogP) is 3.19. The monoisotopic (exact) mass is 295 g/mol. The molecule has 1 aromatic heterocycles. The Hall–Kier alpha value is -2.40. The number of hydrogen-bond acceptors (Lipinski definition) is 4. The molecule has 0 spiro atoms. The standard InChI is InChI=1S/C16H13N3OS/c1-21-16-18-14(11-12-7-9-17-10-8-12)15(20)19(16)13-5-3-2-4-6-13/h2-11H,1H3/b14-11-. The number of aliphatic imine (C=N–C) groups is 1. The van der Waals surface area contributed by atoms with Crippen LogP contribution in [-0.4, -0.2) is 22.3 Å². The van der Waals surface area contributed by atoms with Gasteiger partial charge >= 0.3 is 0 Å². The molecule has 0 radical (unpaired) electrons. The molecule has 1 aliphatic rings. The van der Waals surface area contributed by atoms with Crippen LogP contribution in [0.25, 0.3) is 6.08 Å². The van der Waals surface area contributed by atoms with Crippen molar-refractivity contribution in [3.8, 4) is 0 Å². The summed E-state index contributed by atoms with van der Waals surface area (Å²) in [4.78, 5) is 22.6. The highest BCUT2D eigenvalue weighted by Gasteiger charge is 2.30. The number of carbonyl (C=O) groups excluding carboxylic acids is 1. The third-order valence-corrected chi connectivity index (χ3v) is 3.68. The lowest BCUT2D eigenvalue weighted by atomic mass is 10.2. The first kappa shape index (κ1) is 13.6. The number of hydrogen-bond donors (Lipinski definition) is 0. The van der Waals surface area contributed by atoms with E-state index in [9.17, 15) is 4.79 Å². The van der Waals surface area contributed by atoms with Crippen molar-refractivity contribution in [2.45, 2.75) is 0 Å². The molecule has 0 fully saturated rings. The molecule has 0 N–H and O–H groups in total. The predicted molar refractivity (Wildman–Crippen MR) is 87.1 cm³/mol. The number of carbonyl (C=O) groups is 1. The van der Waals surface area contributed by atoms with E-state index in [1.807, 2.05) is 48.7 Å². The van der Waals surface area contributed by atoms with Gasteiger partial charge in [-0.2, -0.15) is 0 Å². The average molecular weight is 295 g/mol. The Morgan fingerprint density at radius 2 is 1.81 bits per heavy atom. The number of rotatable bonds is 2. The van der Waals surface area contributed by atoms with Crippen molar-refractivity contribution in [1.82, 2.24) is 4.98 Å². The van der Waals surface area contributed by atoms with Crippen molar-refractivity contribution >= 4 is 34.6 Å². The van der Waals surface area contributed by atoms with Crippen molar-refractivity contribution < 1.29 is 4.79 Å². The van der Waals surface area contributed by atoms with Crippen LogP contribution < -0.4 is 4.90 Å². The zero-order valence-corrected chi connectivity index (χ0v) is 12.2. The second-order valence-electron chi connectivity index (χ2n) is 4.38. The average Bonchev–Trinajstić information content (AvgIpc) is 2.85. The highest BCUT2D eigenvalue weighted by molar-refractivity contribution is 8.13. The minimum atomic E-state index is -0.109. The molecule has 2 aromatic rings. The molecule has 104 valence electrons. The van der Waals surface area contributed by atoms with Crippen LogP contribution in [-0.2, 0) is 4.79 Å². The molecule has 5 heteroatoms. The number of thioether (sulfide) groups is 1. The van der Waals surface area contributed by atoms with E-state index in [1.165, 1.54) is 11.8 Å². The zero-order valence-electron chi connectivity index (χ0n) is 11.4. The summed E-state index contributed by atoms with van der Waals surface area (Å²) in [7, 11) is 0. The van der Waals surface area contributed by atoms with Gasteiger partial charge in [0, 0.05) is 12.4 Å². The van der Waals surface area contributed by atoms with Gasteiger partial charge < -0.3 is 0 Å². The van der Waals surface area contributed by atoms with Crippen molar-refractivity contribution in [2.24, 2.45) is 4.99 Å². The Bertz CT molecular complexity index is 711. The third kappa shape index (κ3) is 2.73. The van der Waals surface area contributed by atoms with Crippen LogP contribution in [0, 0.1) is 0 Å². The summed E-state index contributed by atoms with van der Waals surface area (Å²) in [6.07, 6.45) is 7.08. The molecule has 0 saturated carbocycles. The van der Waals surface area contributed by atoms with Crippen molar-refractivity contribution in [2.75, 3.05) is 11.2 Å². The van der Waals surface area contributed by atoms with Crippen LogP contribution >= 0.6 is 11.8 Å². The Labute approximate surface area is 127 Å². The molecular formula is C16H13N3OS. The SMILES string of the molecule is CSC1=N/C(=C\c2ccncc2)C(=O)N1c1ccccc1. The van der Waals surface area contributed by atoms with Crippen molar-refractivity contribution in [3.63, 3.8) is 0 Å². The van der Waals surface area contributed by atoms with E-state index in [0.717, 1.165) is 11.3 Å². The first-order chi connectivity index (χ1) is 10.3. The number of amidine groups is 1. The van der Waals surface area contributed by atoms with Gasteiger partial charge in [-0.15, -0.1) is 0 Å². The van der Waals surface area contributed by atoms with E-state index in [2.05, 4.69) is 9.98 Å². The highest BCUT2D eigenvalue weighted by Crippen LogP contribution is 2.28. The van der Waals surface area contributed by atoms with E-state index < -0.39 is 0 Å². The largest absolute Gasteiger partial charge is 0.283 e. The Balaban J connectivity index is 1.98. The summed E-state index contributed by atoms with van der Waals surface area (Å²) in [6.45, 7) is 0. The molecule has 0 bridgehead atoms. The molecule has 3 rings (SSSR count). The van der Waals surface area contributed by atoms with Gasteiger partial charge in [-0.3, -0.25) is 14.7 Å². The van der Waals surface area contributed by atoms with E-state index in [4.69, 9.17) is 0 Å². The van der Waals surface area contributed by atoms with E-state index in [1.54, 1.807) is 23.4 Å². The zero-order chi connectivity index (χ0) is 14.7. The van der Waals surface area contributed by atoms with Gasteiger partial charge in [-0.25, -0.2) is 4.99 Å². The molecule has 0 unspecified atom stereocenters. The van der Waals surface area contributed by atoms with Gasteiger partial charge in [0.1, 0.15) is 5.70 Å². The molecule has 0 aliphatic carbocycles. The summed E-state index contributed by atoms with van der Waals surface area (Å²) in [5, 5.41) is 0.687. The fourth-order valence-corrected chi connectivity index (χ4v) is 2.62. The molecule has 21 heavy (non-hydrogen) atoms. The normalized spacial score (nSPS) is 16.4. The molecule has 1 aromatic carbocycles. The summed E-state index contributed by atoms with van der Waals surface area (Å²) in [5.74, 6) is -0.109. The molecule has 0 atom stereocenters. The summed E-state index contributed by atoms with van der Waals surface area (Å²) in [5.41, 5.74) is 2.18. The van der Waals surface area contributed by atoms with Gasteiger partial charge in [0.15, 0.2) is 5.17 Å². The maximum Gasteiger partial charge on any atom is 0.283 e. The van der Waals surface area contributed by atoms with Crippen LogP contribution in [0.3, 0.4) is 0 Å². The van der Waals surface area contributed by atoms with E-state index in [0.29, 0.717) is 10.9 Å². The second-order valence-corrected chi connectivity index (χ2v) is 5.16. The lowest BCUT2D eigenvalue weighted by molar-refractivity contribution is -0.113. The summed E-state index contributed by atoms with van der Waals surface area (Å²) < 4.78 is 0. The molecule has 1 amide bonds. The summed E-state index contributed by atoms with van der Waals surface area (Å²) in [6, 6.07) is 13.2. The van der Waals surface area contributed by atoms with Crippen LogP contribution in [0.4, 0.5) is 5.69 Å². The maximum absolute atomic E-state index is 12.6. The Kier molecular flexibility index (Phi) is 3.83. The first-order valence-corrected chi connectivity index (χ1v) is 7.66. The Morgan fingerprint density at radius 1 is 1.10 bits per heavy atom. The maximum atomic E-state index is 12.6. The number of amides is 1. The molecular weight excluding hydrogens is 282 g/mol. The van der Waals surface area contributed by atoms with Crippen LogP contribution in [0.2, 0.25) is 0 Å². The smallest absolute Gasteiger partial charge is 0.266 e. The third-order valence-electron chi connectivity index (χ3n) is 3.04. The fourth-order valence-electron chi connectivity index (χ4n) is 2.06. The van der Waals surface area contributed by atoms with E-state index in [-0.39, 0.29) is 5.91 Å². The minimum absolute atomic E-state index is 0.109. The molecule has 1 aliphatic heterocycles. The van der Waals surface area contributed by atoms with Crippen LogP contribution in [0.5, 0.6) is 0 Å². The summed E-state index contributed by atoms with van der Waals surface area (Å²) >= 11 is 1.46. The van der Waals surface area contributed by atoms with Gasteiger partial charge in [0.05, 0.1) is 5.69 Å². The van der Waals surface area contributed by atoms with Gasteiger partial charge in [0.2, 0.25) is 0 Å². The van der Waals surface area contributed by atoms with E-state index >= 15 is 0 Å². The van der Waals surface area contributed by atoms with Crippen LogP contribution in [0.15, 0.2) is 65.5 Å². The first-order valence-electron chi connectivity index (χ1n) is 6.43. The number of anilines is 1. The lowest BCUT2D eigenvalue weighted by Crippen LogP contribution is -2.29. The molecule has 0 saturated heterocycles. The number of pyridine rings is 1. The molecule has 4 nitrogen and oxygen atoms in total. The van der Waals surface area contributed by atoms with Crippen molar-refractivity contribution in [3.05, 3.63) is 66.1 Å². The topological polar surface area (TPSA) is 45.6 Å². The Morgan fingerprint density at radius 3 is 2.48 bits per heavy atom. The van der Waals surface area contributed by atoms with Crippen LogP contribution in [0.1, 0.15) is 5.56 Å². The lowest BCUT2D eigenvalue weighted by Gasteiger charge is -2.16. The van der Waals surface area contributed by atoms with Gasteiger partial charge in [0.25, 0.3) is 5.91 Å². The number of nitrogens with zero attached hydrogens (tertiary/aromatic N) is 3. The quantitative estimate of drug-likeness (QED) is 0.799. The van der Waals surface area contributed by atoms with Crippen molar-refractivity contribution in [1.29, 1.82) is 0 Å². The number of benzene rings is 1. The number of para-hydroxylation sites is 1. The second kappa shape index (κ2) is 5.93.